The first-order valence-electron chi connectivity index (χ1n) is 7.86. The third-order valence-electron chi connectivity index (χ3n) is 3.89. The van der Waals surface area contributed by atoms with Gasteiger partial charge < -0.3 is 19.2 Å². The predicted octanol–water partition coefficient (Wildman–Crippen LogP) is 2.25. The number of furan rings is 1. The van der Waals surface area contributed by atoms with Crippen molar-refractivity contribution >= 4 is 11.9 Å². The van der Waals surface area contributed by atoms with Crippen molar-refractivity contribution in [2.75, 3.05) is 11.4 Å². The zero-order valence-electron chi connectivity index (χ0n) is 13.7. The minimum atomic E-state index is -0.268. The molecule has 1 aliphatic rings. The molecule has 0 unspecified atom stereocenters. The fourth-order valence-electron chi connectivity index (χ4n) is 2.62. The van der Waals surface area contributed by atoms with E-state index < -0.39 is 0 Å². The van der Waals surface area contributed by atoms with E-state index in [2.05, 4.69) is 15.5 Å². The zero-order chi connectivity index (χ0) is 16.4. The van der Waals surface area contributed by atoms with Gasteiger partial charge in [0.05, 0.1) is 12.8 Å². The molecule has 23 heavy (non-hydrogen) atoms. The molecule has 1 N–H and O–H groups in total. The number of nitrogens with zero attached hydrogens (tertiary/aromatic N) is 3. The fraction of sp³-hybridized carbons (Fsp3) is 0.562. The summed E-state index contributed by atoms with van der Waals surface area (Å²) < 4.78 is 10.6. The van der Waals surface area contributed by atoms with Crippen LogP contribution < -0.4 is 10.2 Å². The Morgan fingerprint density at radius 2 is 2.30 bits per heavy atom. The summed E-state index contributed by atoms with van der Waals surface area (Å²) in [6.45, 7) is 7.18. The average Bonchev–Trinajstić information content (AvgIpc) is 3.22. The van der Waals surface area contributed by atoms with Gasteiger partial charge in [-0.05, 0) is 30.1 Å². The van der Waals surface area contributed by atoms with Crippen LogP contribution in [0, 0.1) is 0 Å². The van der Waals surface area contributed by atoms with Crippen molar-refractivity contribution in [3.05, 3.63) is 30.0 Å². The SMILES string of the molecule is CC(C)(C)c1nc(N2CCC[C@H]2C(=O)NCc2ccco2)no1. The van der Waals surface area contributed by atoms with E-state index in [0.29, 0.717) is 18.4 Å². The normalized spacial score (nSPS) is 18.4. The largest absolute Gasteiger partial charge is 0.467 e. The van der Waals surface area contributed by atoms with Crippen molar-refractivity contribution in [2.24, 2.45) is 0 Å². The Labute approximate surface area is 135 Å². The number of carbonyl (C=O) groups excluding carboxylic acids is 1. The molecule has 0 aromatic carbocycles. The summed E-state index contributed by atoms with van der Waals surface area (Å²) in [7, 11) is 0. The fourth-order valence-corrected chi connectivity index (χ4v) is 2.62. The topological polar surface area (TPSA) is 84.4 Å². The van der Waals surface area contributed by atoms with E-state index in [4.69, 9.17) is 8.94 Å². The molecular weight excluding hydrogens is 296 g/mol. The minimum Gasteiger partial charge on any atom is -0.467 e. The molecule has 0 saturated carbocycles. The minimum absolute atomic E-state index is 0.0407. The van der Waals surface area contributed by atoms with E-state index in [0.717, 1.165) is 25.1 Å². The van der Waals surface area contributed by atoms with E-state index in [1.807, 2.05) is 31.7 Å². The van der Waals surface area contributed by atoms with E-state index in [9.17, 15) is 4.79 Å². The van der Waals surface area contributed by atoms with Crippen molar-refractivity contribution in [3.8, 4) is 0 Å². The summed E-state index contributed by atoms with van der Waals surface area (Å²) in [4.78, 5) is 18.8. The van der Waals surface area contributed by atoms with Crippen LogP contribution >= 0.6 is 0 Å². The standard InChI is InChI=1S/C16H22N4O3/c1-16(2,3)14-18-15(19-23-14)20-8-4-7-12(20)13(21)17-10-11-6-5-9-22-11/h5-6,9,12H,4,7-8,10H2,1-3H3,(H,17,21)/t12-/m0/s1. The Bertz CT molecular complexity index is 657. The number of hydrogen-bond acceptors (Lipinski definition) is 6. The van der Waals surface area contributed by atoms with Crippen LogP contribution in [-0.2, 0) is 16.8 Å². The highest BCUT2D eigenvalue weighted by atomic mass is 16.5. The molecule has 1 fully saturated rings. The number of amides is 1. The van der Waals surface area contributed by atoms with Crippen molar-refractivity contribution in [3.63, 3.8) is 0 Å². The second-order valence-corrected chi connectivity index (χ2v) is 6.80. The van der Waals surface area contributed by atoms with E-state index in [1.54, 1.807) is 12.3 Å². The van der Waals surface area contributed by atoms with Crippen LogP contribution in [-0.4, -0.2) is 28.6 Å². The van der Waals surface area contributed by atoms with Gasteiger partial charge in [-0.15, -0.1) is 0 Å². The van der Waals surface area contributed by atoms with Crippen LogP contribution in [0.4, 0.5) is 5.95 Å². The van der Waals surface area contributed by atoms with Crippen molar-refractivity contribution < 1.29 is 13.7 Å². The van der Waals surface area contributed by atoms with Gasteiger partial charge in [-0.2, -0.15) is 4.98 Å². The number of rotatable bonds is 4. The maximum absolute atomic E-state index is 12.4. The first kappa shape index (κ1) is 15.6. The Morgan fingerprint density at radius 3 is 2.96 bits per heavy atom. The monoisotopic (exact) mass is 318 g/mol. The Balaban J connectivity index is 1.67. The molecule has 124 valence electrons. The number of hydrogen-bond donors (Lipinski definition) is 1. The quantitative estimate of drug-likeness (QED) is 0.930. The highest BCUT2D eigenvalue weighted by molar-refractivity contribution is 5.85. The van der Waals surface area contributed by atoms with Crippen molar-refractivity contribution in [2.45, 2.75) is 51.6 Å². The second-order valence-electron chi connectivity index (χ2n) is 6.80. The number of aromatic nitrogens is 2. The van der Waals surface area contributed by atoms with Crippen LogP contribution in [0.2, 0.25) is 0 Å². The lowest BCUT2D eigenvalue weighted by Gasteiger charge is -2.21. The molecule has 2 aromatic rings. The zero-order valence-corrected chi connectivity index (χ0v) is 13.7. The molecule has 1 aliphatic heterocycles. The Hall–Kier alpha value is -2.31. The van der Waals surface area contributed by atoms with Gasteiger partial charge in [0, 0.05) is 12.0 Å². The Kier molecular flexibility index (Phi) is 4.11. The van der Waals surface area contributed by atoms with Crippen LogP contribution in [0.3, 0.4) is 0 Å². The van der Waals surface area contributed by atoms with Gasteiger partial charge in [-0.1, -0.05) is 20.8 Å². The summed E-state index contributed by atoms with van der Waals surface area (Å²) in [6, 6.07) is 3.37. The molecule has 1 amide bonds. The maximum atomic E-state index is 12.4. The lowest BCUT2D eigenvalue weighted by atomic mass is 9.97. The number of nitrogens with one attached hydrogen (secondary N) is 1. The number of carbonyl (C=O) groups is 1. The first-order chi connectivity index (χ1) is 10.9. The van der Waals surface area contributed by atoms with Crippen molar-refractivity contribution in [1.82, 2.24) is 15.5 Å². The molecule has 0 aliphatic carbocycles. The van der Waals surface area contributed by atoms with Gasteiger partial charge in [0.15, 0.2) is 0 Å². The van der Waals surface area contributed by atoms with Gasteiger partial charge in [0.2, 0.25) is 11.8 Å². The van der Waals surface area contributed by atoms with Crippen LogP contribution in [0.5, 0.6) is 0 Å². The lowest BCUT2D eigenvalue weighted by Crippen LogP contribution is -2.43. The molecule has 7 heteroatoms. The molecule has 0 spiro atoms. The molecule has 0 bridgehead atoms. The molecule has 3 rings (SSSR count). The second kappa shape index (κ2) is 6.06. The summed E-state index contributed by atoms with van der Waals surface area (Å²) in [5.41, 5.74) is -0.206. The van der Waals surface area contributed by atoms with E-state index in [-0.39, 0.29) is 17.4 Å². The Morgan fingerprint density at radius 1 is 1.48 bits per heavy atom. The van der Waals surface area contributed by atoms with Crippen LogP contribution in [0.25, 0.3) is 0 Å². The third-order valence-corrected chi connectivity index (χ3v) is 3.89. The molecule has 3 heterocycles. The highest BCUT2D eigenvalue weighted by Gasteiger charge is 2.34. The van der Waals surface area contributed by atoms with E-state index >= 15 is 0 Å². The smallest absolute Gasteiger partial charge is 0.266 e. The maximum Gasteiger partial charge on any atom is 0.266 e. The van der Waals surface area contributed by atoms with Gasteiger partial charge in [-0.3, -0.25) is 4.79 Å². The van der Waals surface area contributed by atoms with Gasteiger partial charge in [0.25, 0.3) is 5.95 Å². The van der Waals surface area contributed by atoms with Crippen LogP contribution in [0.1, 0.15) is 45.3 Å². The van der Waals surface area contributed by atoms with Gasteiger partial charge in [-0.25, -0.2) is 0 Å². The molecule has 1 saturated heterocycles. The summed E-state index contributed by atoms with van der Waals surface area (Å²) in [5.74, 6) is 1.76. The van der Waals surface area contributed by atoms with E-state index in [1.165, 1.54) is 0 Å². The van der Waals surface area contributed by atoms with Crippen molar-refractivity contribution in [1.29, 1.82) is 0 Å². The molecule has 2 aromatic heterocycles. The average molecular weight is 318 g/mol. The molecule has 7 nitrogen and oxygen atoms in total. The summed E-state index contributed by atoms with van der Waals surface area (Å²) in [6.07, 6.45) is 3.30. The predicted molar refractivity (Wildman–Crippen MR) is 83.9 cm³/mol. The van der Waals surface area contributed by atoms with Crippen LogP contribution in [0.15, 0.2) is 27.3 Å². The molecule has 0 radical (unpaired) electrons. The highest BCUT2D eigenvalue weighted by Crippen LogP contribution is 2.27. The summed E-state index contributed by atoms with van der Waals surface area (Å²) >= 11 is 0. The summed E-state index contributed by atoms with van der Waals surface area (Å²) in [5, 5.41) is 6.95. The molecular formula is C16H22N4O3. The first-order valence-corrected chi connectivity index (χ1v) is 7.86. The molecule has 1 atom stereocenters. The third kappa shape index (κ3) is 3.38. The lowest BCUT2D eigenvalue weighted by molar-refractivity contribution is -0.122. The van der Waals surface area contributed by atoms with Gasteiger partial charge in [0.1, 0.15) is 11.8 Å². The number of anilines is 1. The van der Waals surface area contributed by atoms with Gasteiger partial charge >= 0.3 is 0 Å².